The summed E-state index contributed by atoms with van der Waals surface area (Å²) < 4.78 is 16.3. The molecule has 1 aliphatic rings. The van der Waals surface area contributed by atoms with E-state index in [0.717, 1.165) is 5.56 Å². The fourth-order valence-electron chi connectivity index (χ4n) is 3.25. The first kappa shape index (κ1) is 27.1. The van der Waals surface area contributed by atoms with Gasteiger partial charge >= 0.3 is 0 Å². The standard InChI is InChI=1S/C25H27NO9S/c27-17-4-1-16(2-5-17)3-6-19(28)24-20(29)13-18(14-21(24)30)35-10-9-33-7-8-34-11-12-36-22-15-23(31)26-25(22)32/h1-2,4-5,13-15,27,29-30H,3,6-12H2,(H,26,31,32). The van der Waals surface area contributed by atoms with E-state index in [1.54, 1.807) is 12.1 Å². The first-order chi connectivity index (χ1) is 17.3. The highest BCUT2D eigenvalue weighted by atomic mass is 32.2. The molecule has 192 valence electrons. The van der Waals surface area contributed by atoms with E-state index < -0.39 is 11.7 Å². The van der Waals surface area contributed by atoms with Gasteiger partial charge in [-0.3, -0.25) is 19.7 Å². The number of phenols is 3. The average Bonchev–Trinajstić information content (AvgIpc) is 3.16. The topological polar surface area (TPSA) is 152 Å². The molecule has 0 saturated carbocycles. The van der Waals surface area contributed by atoms with Crippen LogP contribution in [0, 0.1) is 0 Å². The van der Waals surface area contributed by atoms with Crippen molar-refractivity contribution in [2.24, 2.45) is 0 Å². The number of amides is 2. The summed E-state index contributed by atoms with van der Waals surface area (Å²) in [5, 5.41) is 32.0. The van der Waals surface area contributed by atoms with Gasteiger partial charge in [0.15, 0.2) is 5.78 Å². The first-order valence-electron chi connectivity index (χ1n) is 11.2. The summed E-state index contributed by atoms with van der Waals surface area (Å²) in [7, 11) is 0. The Bertz CT molecular complexity index is 1090. The Morgan fingerprint density at radius 3 is 2.17 bits per heavy atom. The monoisotopic (exact) mass is 517 g/mol. The summed E-state index contributed by atoms with van der Waals surface area (Å²) in [4.78, 5) is 35.3. The Morgan fingerprint density at radius 2 is 1.53 bits per heavy atom. The molecule has 1 heterocycles. The first-order valence-corrected chi connectivity index (χ1v) is 12.2. The van der Waals surface area contributed by atoms with Crippen LogP contribution in [-0.2, 0) is 25.5 Å². The fourth-order valence-corrected chi connectivity index (χ4v) is 4.05. The molecule has 3 rings (SSSR count). The number of carbonyl (C=O) groups excluding carboxylic acids is 3. The van der Waals surface area contributed by atoms with Crippen LogP contribution in [0.1, 0.15) is 22.3 Å². The number of ketones is 1. The highest BCUT2D eigenvalue weighted by Crippen LogP contribution is 2.33. The second-order valence-electron chi connectivity index (χ2n) is 7.67. The number of nitrogens with one attached hydrogen (secondary N) is 1. The van der Waals surface area contributed by atoms with E-state index in [4.69, 9.17) is 14.2 Å². The number of aromatic hydroxyl groups is 3. The summed E-state index contributed by atoms with van der Waals surface area (Å²) in [6.45, 7) is 1.44. The summed E-state index contributed by atoms with van der Waals surface area (Å²) >= 11 is 1.24. The van der Waals surface area contributed by atoms with Gasteiger partial charge in [0, 0.05) is 30.4 Å². The van der Waals surface area contributed by atoms with Crippen molar-refractivity contribution in [3.63, 3.8) is 0 Å². The lowest BCUT2D eigenvalue weighted by atomic mass is 10.0. The molecule has 11 heteroatoms. The molecule has 36 heavy (non-hydrogen) atoms. The quantitative estimate of drug-likeness (QED) is 0.157. The lowest BCUT2D eigenvalue weighted by Crippen LogP contribution is -2.21. The van der Waals surface area contributed by atoms with Crippen LogP contribution in [0.2, 0.25) is 0 Å². The molecule has 0 radical (unpaired) electrons. The highest BCUT2D eigenvalue weighted by molar-refractivity contribution is 8.04. The molecule has 2 amide bonds. The van der Waals surface area contributed by atoms with Crippen LogP contribution in [0.3, 0.4) is 0 Å². The number of imide groups is 1. The molecule has 0 atom stereocenters. The van der Waals surface area contributed by atoms with Crippen molar-refractivity contribution < 1.29 is 43.9 Å². The molecule has 0 aromatic heterocycles. The predicted octanol–water partition coefficient (Wildman–Crippen LogP) is 2.30. The van der Waals surface area contributed by atoms with Crippen LogP contribution in [0.5, 0.6) is 23.0 Å². The maximum absolute atomic E-state index is 12.5. The third-order valence-corrected chi connectivity index (χ3v) is 5.99. The van der Waals surface area contributed by atoms with E-state index in [1.807, 2.05) is 0 Å². The third kappa shape index (κ3) is 8.29. The maximum atomic E-state index is 12.5. The van der Waals surface area contributed by atoms with Crippen molar-refractivity contribution in [3.05, 3.63) is 58.5 Å². The number of carbonyl (C=O) groups is 3. The van der Waals surface area contributed by atoms with Gasteiger partial charge in [0.05, 0.1) is 31.3 Å². The highest BCUT2D eigenvalue weighted by Gasteiger charge is 2.20. The maximum Gasteiger partial charge on any atom is 0.264 e. The molecule has 0 spiro atoms. The van der Waals surface area contributed by atoms with E-state index >= 15 is 0 Å². The second-order valence-corrected chi connectivity index (χ2v) is 8.81. The Morgan fingerprint density at radius 1 is 0.889 bits per heavy atom. The SMILES string of the molecule is O=C1C=C(SCCOCCOCCOc2cc(O)c(C(=O)CCc3ccc(O)cc3)c(O)c2)C(=O)N1. The molecule has 4 N–H and O–H groups in total. The number of benzene rings is 2. The van der Waals surface area contributed by atoms with Crippen LogP contribution in [0.25, 0.3) is 0 Å². The third-order valence-electron chi connectivity index (χ3n) is 5.00. The predicted molar refractivity (Wildman–Crippen MR) is 131 cm³/mol. The van der Waals surface area contributed by atoms with E-state index in [-0.39, 0.29) is 54.1 Å². The van der Waals surface area contributed by atoms with Crippen molar-refractivity contribution in [3.8, 4) is 23.0 Å². The molecule has 0 aliphatic carbocycles. The van der Waals surface area contributed by atoms with Crippen molar-refractivity contribution in [1.82, 2.24) is 5.32 Å². The van der Waals surface area contributed by atoms with Crippen molar-refractivity contribution in [2.45, 2.75) is 12.8 Å². The van der Waals surface area contributed by atoms with Gasteiger partial charge in [0.25, 0.3) is 11.8 Å². The van der Waals surface area contributed by atoms with Gasteiger partial charge < -0.3 is 29.5 Å². The number of aryl methyl sites for hydroxylation is 1. The molecule has 0 unspecified atom stereocenters. The Kier molecular flexibility index (Phi) is 10.2. The van der Waals surface area contributed by atoms with Crippen LogP contribution in [0.4, 0.5) is 0 Å². The van der Waals surface area contributed by atoms with Crippen LogP contribution in [0.15, 0.2) is 47.4 Å². The van der Waals surface area contributed by atoms with E-state index in [2.05, 4.69) is 5.32 Å². The van der Waals surface area contributed by atoms with Gasteiger partial charge in [-0.1, -0.05) is 12.1 Å². The lowest BCUT2D eigenvalue weighted by molar-refractivity contribution is -0.123. The minimum absolute atomic E-state index is 0.0770. The van der Waals surface area contributed by atoms with Gasteiger partial charge in [0.2, 0.25) is 0 Å². The second kappa shape index (κ2) is 13.5. The minimum Gasteiger partial charge on any atom is -0.508 e. The van der Waals surface area contributed by atoms with Gasteiger partial charge in [-0.05, 0) is 24.1 Å². The average molecular weight is 518 g/mol. The molecule has 10 nitrogen and oxygen atoms in total. The zero-order valence-corrected chi connectivity index (χ0v) is 20.2. The molecule has 2 aromatic carbocycles. The number of Topliss-reactive ketones (excluding diaryl/α,β-unsaturated/α-hetero) is 1. The zero-order valence-electron chi connectivity index (χ0n) is 19.4. The van der Waals surface area contributed by atoms with Crippen LogP contribution in [-0.4, -0.2) is 71.7 Å². The number of hydrogen-bond donors (Lipinski definition) is 4. The molecule has 2 aromatic rings. The summed E-state index contributed by atoms with van der Waals surface area (Å²) in [6, 6.07) is 8.99. The summed E-state index contributed by atoms with van der Waals surface area (Å²) in [5.41, 5.74) is 0.682. The van der Waals surface area contributed by atoms with Gasteiger partial charge in [-0.2, -0.15) is 0 Å². The van der Waals surface area contributed by atoms with Gasteiger partial charge in [-0.15, -0.1) is 11.8 Å². The van der Waals surface area contributed by atoms with Crippen molar-refractivity contribution in [2.75, 3.05) is 38.8 Å². The number of ether oxygens (including phenoxy) is 3. The molecular formula is C25H27NO9S. The number of rotatable bonds is 15. The molecule has 0 fully saturated rings. The Hall–Kier alpha value is -3.54. The number of phenolic OH excluding ortho intramolecular Hbond substituents is 3. The molecule has 0 saturated heterocycles. The van der Waals surface area contributed by atoms with Gasteiger partial charge in [-0.25, -0.2) is 0 Å². The minimum atomic E-state index is -0.414. The van der Waals surface area contributed by atoms with Crippen LogP contribution >= 0.6 is 11.8 Å². The zero-order chi connectivity index (χ0) is 25.9. The lowest BCUT2D eigenvalue weighted by Gasteiger charge is -2.11. The Labute approximate surface area is 211 Å². The summed E-state index contributed by atoms with van der Waals surface area (Å²) in [6.07, 6.45) is 1.74. The van der Waals surface area contributed by atoms with E-state index in [0.29, 0.717) is 36.9 Å². The smallest absolute Gasteiger partial charge is 0.264 e. The van der Waals surface area contributed by atoms with Crippen LogP contribution < -0.4 is 10.1 Å². The van der Waals surface area contributed by atoms with Crippen molar-refractivity contribution in [1.29, 1.82) is 0 Å². The normalized spacial score (nSPS) is 12.9. The number of thioether (sulfide) groups is 1. The molecule has 0 bridgehead atoms. The Balaban J connectivity index is 1.30. The van der Waals surface area contributed by atoms with E-state index in [9.17, 15) is 29.7 Å². The summed E-state index contributed by atoms with van der Waals surface area (Å²) in [5.74, 6) is -1.10. The largest absolute Gasteiger partial charge is 0.508 e. The number of hydrogen-bond acceptors (Lipinski definition) is 10. The van der Waals surface area contributed by atoms with E-state index in [1.165, 1.54) is 42.1 Å². The molecule has 1 aliphatic heterocycles. The molecular weight excluding hydrogens is 490 g/mol. The van der Waals surface area contributed by atoms with Crippen molar-refractivity contribution >= 4 is 29.4 Å². The van der Waals surface area contributed by atoms with Gasteiger partial charge in [0.1, 0.15) is 35.2 Å². The fraction of sp³-hybridized carbons (Fsp3) is 0.320.